The highest BCUT2D eigenvalue weighted by molar-refractivity contribution is 7.13. The highest BCUT2D eigenvalue weighted by Crippen LogP contribution is 2.36. The fourth-order valence-electron chi connectivity index (χ4n) is 1.66. The molecule has 2 aromatic rings. The number of hydrogen-bond acceptors (Lipinski definition) is 8. The van der Waals surface area contributed by atoms with Crippen LogP contribution in [0.3, 0.4) is 0 Å². The Kier molecular flexibility index (Phi) is 4.89. The van der Waals surface area contributed by atoms with E-state index in [2.05, 4.69) is 15.5 Å². The number of aromatic hydroxyl groups is 1. The van der Waals surface area contributed by atoms with Crippen molar-refractivity contribution in [3.8, 4) is 11.5 Å². The van der Waals surface area contributed by atoms with Crippen LogP contribution in [0.25, 0.3) is 0 Å². The zero-order chi connectivity index (χ0) is 16.1. The van der Waals surface area contributed by atoms with Gasteiger partial charge in [0, 0.05) is 17.0 Å². The number of anilines is 1. The summed E-state index contributed by atoms with van der Waals surface area (Å²) >= 11 is 1.40. The number of hydrogen-bond donors (Lipinski definition) is 2. The van der Waals surface area contributed by atoms with E-state index in [0.29, 0.717) is 10.7 Å². The molecule has 0 spiro atoms. The van der Waals surface area contributed by atoms with Crippen molar-refractivity contribution in [1.29, 1.82) is 0 Å². The van der Waals surface area contributed by atoms with Gasteiger partial charge < -0.3 is 9.84 Å². The summed E-state index contributed by atoms with van der Waals surface area (Å²) < 4.78 is 5.19. The molecule has 0 bridgehead atoms. The second-order valence-electron chi connectivity index (χ2n) is 4.24. The second-order valence-corrected chi connectivity index (χ2v) is 5.10. The van der Waals surface area contributed by atoms with E-state index in [-0.39, 0.29) is 12.4 Å². The summed E-state index contributed by atoms with van der Waals surface area (Å²) in [5, 5.41) is 27.2. The van der Waals surface area contributed by atoms with E-state index in [4.69, 9.17) is 4.74 Å². The Hall–Kier alpha value is -2.68. The van der Waals surface area contributed by atoms with Gasteiger partial charge in [-0.25, -0.2) is 4.98 Å². The van der Waals surface area contributed by atoms with E-state index < -0.39 is 16.4 Å². The lowest BCUT2D eigenvalue weighted by molar-refractivity contribution is -0.386. The largest absolute Gasteiger partial charge is 0.500 e. The third-order valence-electron chi connectivity index (χ3n) is 2.57. The SMILES string of the molecule is CCOc1cc(/C=N\Nc2nc(C)cs2)cc([N+](=O)[O-])c1O. The van der Waals surface area contributed by atoms with Crippen molar-refractivity contribution in [2.45, 2.75) is 13.8 Å². The van der Waals surface area contributed by atoms with Crippen molar-refractivity contribution in [3.63, 3.8) is 0 Å². The molecule has 0 amide bonds. The molecule has 8 nitrogen and oxygen atoms in total. The predicted molar refractivity (Wildman–Crippen MR) is 84.0 cm³/mol. The lowest BCUT2D eigenvalue weighted by atomic mass is 10.2. The van der Waals surface area contributed by atoms with E-state index in [9.17, 15) is 15.2 Å². The van der Waals surface area contributed by atoms with Crippen LogP contribution in [0.5, 0.6) is 11.5 Å². The Labute approximate surface area is 130 Å². The highest BCUT2D eigenvalue weighted by atomic mass is 32.1. The maximum Gasteiger partial charge on any atom is 0.315 e. The maximum absolute atomic E-state index is 11.0. The normalized spacial score (nSPS) is 10.8. The Morgan fingerprint density at radius 3 is 2.95 bits per heavy atom. The molecule has 116 valence electrons. The summed E-state index contributed by atoms with van der Waals surface area (Å²) in [6.45, 7) is 3.86. The van der Waals surface area contributed by atoms with Gasteiger partial charge in [0.1, 0.15) is 0 Å². The molecule has 0 aliphatic heterocycles. The number of benzene rings is 1. The molecule has 0 radical (unpaired) electrons. The van der Waals surface area contributed by atoms with Gasteiger partial charge in [0.05, 0.1) is 23.4 Å². The highest BCUT2D eigenvalue weighted by Gasteiger charge is 2.19. The summed E-state index contributed by atoms with van der Waals surface area (Å²) in [4.78, 5) is 14.4. The van der Waals surface area contributed by atoms with E-state index >= 15 is 0 Å². The predicted octanol–water partition coefficient (Wildman–Crippen LogP) is 2.91. The van der Waals surface area contributed by atoms with Crippen LogP contribution in [0.15, 0.2) is 22.6 Å². The second kappa shape index (κ2) is 6.85. The minimum atomic E-state index is -0.674. The molecule has 0 saturated heterocycles. The maximum atomic E-state index is 11.0. The Morgan fingerprint density at radius 2 is 2.36 bits per heavy atom. The first-order valence-electron chi connectivity index (χ1n) is 6.36. The topological polar surface area (TPSA) is 110 Å². The van der Waals surface area contributed by atoms with E-state index in [0.717, 1.165) is 5.69 Å². The first kappa shape index (κ1) is 15.7. The van der Waals surface area contributed by atoms with Gasteiger partial charge in [-0.05, 0) is 19.9 Å². The fourth-order valence-corrected chi connectivity index (χ4v) is 2.30. The molecular weight excluding hydrogens is 308 g/mol. The van der Waals surface area contributed by atoms with Crippen LogP contribution in [-0.4, -0.2) is 27.8 Å². The monoisotopic (exact) mass is 322 g/mol. The lowest BCUT2D eigenvalue weighted by Crippen LogP contribution is -1.98. The van der Waals surface area contributed by atoms with Gasteiger partial charge in [0.2, 0.25) is 10.9 Å². The number of phenolic OH excluding ortho intramolecular Hbond substituents is 1. The molecule has 0 aliphatic carbocycles. The van der Waals surface area contributed by atoms with Crippen molar-refractivity contribution in [3.05, 3.63) is 38.9 Å². The minimum absolute atomic E-state index is 0.0447. The van der Waals surface area contributed by atoms with Gasteiger partial charge in [0.25, 0.3) is 0 Å². The zero-order valence-electron chi connectivity index (χ0n) is 11.9. The van der Waals surface area contributed by atoms with Gasteiger partial charge in [0.15, 0.2) is 5.75 Å². The van der Waals surface area contributed by atoms with Gasteiger partial charge in [-0.15, -0.1) is 11.3 Å². The summed E-state index contributed by atoms with van der Waals surface area (Å²) in [5.74, 6) is -0.448. The average Bonchev–Trinajstić information content (AvgIpc) is 2.87. The number of aryl methyl sites for hydroxylation is 1. The standard InChI is InChI=1S/C13H14N4O4S/c1-3-21-11-5-9(4-10(12(11)18)17(19)20)6-14-16-13-15-8(2)7-22-13/h4-7,18H,3H2,1-2H3,(H,15,16)/b14-6-. The zero-order valence-corrected chi connectivity index (χ0v) is 12.8. The molecule has 0 unspecified atom stereocenters. The van der Waals surface area contributed by atoms with Crippen molar-refractivity contribution >= 4 is 28.4 Å². The number of nitro benzene ring substituents is 1. The van der Waals surface area contributed by atoms with Crippen LogP contribution in [0.1, 0.15) is 18.2 Å². The molecule has 2 N–H and O–H groups in total. The molecule has 0 fully saturated rings. The van der Waals surface area contributed by atoms with Crippen LogP contribution >= 0.6 is 11.3 Å². The first-order valence-corrected chi connectivity index (χ1v) is 7.24. The van der Waals surface area contributed by atoms with Crippen molar-refractivity contribution in [2.24, 2.45) is 5.10 Å². The number of thiazole rings is 1. The number of nitrogens with one attached hydrogen (secondary N) is 1. The summed E-state index contributed by atoms with van der Waals surface area (Å²) in [5.41, 5.74) is 3.60. The molecule has 1 aromatic carbocycles. The molecule has 1 heterocycles. The first-order chi connectivity index (χ1) is 10.5. The van der Waals surface area contributed by atoms with Gasteiger partial charge in [-0.2, -0.15) is 5.10 Å². The quantitative estimate of drug-likeness (QED) is 0.480. The molecule has 0 saturated carbocycles. The van der Waals surface area contributed by atoms with Crippen molar-refractivity contribution in [2.75, 3.05) is 12.0 Å². The van der Waals surface area contributed by atoms with Crippen molar-refractivity contribution < 1.29 is 14.8 Å². The number of rotatable bonds is 6. The van der Waals surface area contributed by atoms with E-state index in [1.807, 2.05) is 12.3 Å². The number of aromatic nitrogens is 1. The Balaban J connectivity index is 2.24. The Bertz CT molecular complexity index is 714. The molecule has 0 atom stereocenters. The average molecular weight is 322 g/mol. The number of ether oxygens (including phenoxy) is 1. The molecule has 0 aliphatic rings. The minimum Gasteiger partial charge on any atom is -0.500 e. The molecular formula is C13H14N4O4S. The van der Waals surface area contributed by atoms with Crippen LogP contribution in [0, 0.1) is 17.0 Å². The third-order valence-corrected chi connectivity index (χ3v) is 3.43. The number of nitrogens with zero attached hydrogens (tertiary/aromatic N) is 3. The van der Waals surface area contributed by atoms with Crippen molar-refractivity contribution in [1.82, 2.24) is 4.98 Å². The molecule has 1 aromatic heterocycles. The van der Waals surface area contributed by atoms with E-state index in [1.54, 1.807) is 6.92 Å². The van der Waals surface area contributed by atoms with Gasteiger partial charge in [-0.3, -0.25) is 15.5 Å². The van der Waals surface area contributed by atoms with Gasteiger partial charge >= 0.3 is 5.69 Å². The third kappa shape index (κ3) is 3.70. The van der Waals surface area contributed by atoms with E-state index in [1.165, 1.54) is 29.7 Å². The summed E-state index contributed by atoms with van der Waals surface area (Å²) in [6.07, 6.45) is 1.39. The van der Waals surface area contributed by atoms with Gasteiger partial charge in [-0.1, -0.05) is 0 Å². The number of phenols is 1. The number of nitro groups is 1. The fraction of sp³-hybridized carbons (Fsp3) is 0.231. The van der Waals surface area contributed by atoms with Crippen LogP contribution in [0.4, 0.5) is 10.8 Å². The summed E-state index contributed by atoms with van der Waals surface area (Å²) in [6, 6.07) is 2.69. The number of hydrazone groups is 1. The Morgan fingerprint density at radius 1 is 1.59 bits per heavy atom. The molecule has 9 heteroatoms. The smallest absolute Gasteiger partial charge is 0.315 e. The van der Waals surface area contributed by atoms with Crippen LogP contribution < -0.4 is 10.2 Å². The van der Waals surface area contributed by atoms with Crippen LogP contribution in [-0.2, 0) is 0 Å². The molecule has 2 rings (SSSR count). The van der Waals surface area contributed by atoms with Crippen LogP contribution in [0.2, 0.25) is 0 Å². The summed E-state index contributed by atoms with van der Waals surface area (Å²) in [7, 11) is 0. The molecule has 22 heavy (non-hydrogen) atoms. The lowest BCUT2D eigenvalue weighted by Gasteiger charge is -2.07.